The Labute approximate surface area is 117 Å². The second kappa shape index (κ2) is 9.08. The number of rotatable bonds is 9. The highest BCUT2D eigenvalue weighted by molar-refractivity contribution is 5.24. The summed E-state index contributed by atoms with van der Waals surface area (Å²) in [7, 11) is 0. The zero-order chi connectivity index (χ0) is 14.1. The minimum atomic E-state index is -0.0455. The standard InChI is InChI=1S/C16H27NO2/c1-4-10-18-11-12-19-16(15(17)5-2)14-8-6-13(3)7-9-14/h6-9,15-16H,4-5,10-12,17H2,1-3H3. The minimum Gasteiger partial charge on any atom is -0.379 e. The Morgan fingerprint density at radius 2 is 1.74 bits per heavy atom. The maximum atomic E-state index is 6.16. The van der Waals surface area contributed by atoms with Crippen molar-refractivity contribution in [2.24, 2.45) is 5.73 Å². The lowest BCUT2D eigenvalue weighted by molar-refractivity contribution is -0.00766. The first-order chi connectivity index (χ1) is 9.19. The molecule has 0 saturated heterocycles. The Hall–Kier alpha value is -0.900. The van der Waals surface area contributed by atoms with Gasteiger partial charge < -0.3 is 15.2 Å². The molecule has 3 nitrogen and oxygen atoms in total. The summed E-state index contributed by atoms with van der Waals surface area (Å²) in [6.07, 6.45) is 1.89. The van der Waals surface area contributed by atoms with E-state index in [0.29, 0.717) is 13.2 Å². The van der Waals surface area contributed by atoms with Gasteiger partial charge in [-0.3, -0.25) is 0 Å². The third kappa shape index (κ3) is 5.72. The van der Waals surface area contributed by atoms with E-state index in [1.54, 1.807) is 0 Å². The van der Waals surface area contributed by atoms with Gasteiger partial charge in [-0.1, -0.05) is 43.7 Å². The fourth-order valence-electron chi connectivity index (χ4n) is 1.92. The minimum absolute atomic E-state index is 0.0221. The number of nitrogens with two attached hydrogens (primary N) is 1. The molecule has 19 heavy (non-hydrogen) atoms. The van der Waals surface area contributed by atoms with Crippen LogP contribution in [-0.4, -0.2) is 25.9 Å². The molecule has 0 aliphatic heterocycles. The average molecular weight is 265 g/mol. The van der Waals surface area contributed by atoms with E-state index >= 15 is 0 Å². The van der Waals surface area contributed by atoms with Crippen LogP contribution in [0.15, 0.2) is 24.3 Å². The van der Waals surface area contributed by atoms with Crippen LogP contribution in [0.4, 0.5) is 0 Å². The third-order valence-corrected chi connectivity index (χ3v) is 3.14. The smallest absolute Gasteiger partial charge is 0.0976 e. The van der Waals surface area contributed by atoms with Crippen molar-refractivity contribution in [3.05, 3.63) is 35.4 Å². The number of hydrogen-bond donors (Lipinski definition) is 1. The van der Waals surface area contributed by atoms with Gasteiger partial charge in [0.25, 0.3) is 0 Å². The predicted molar refractivity (Wildman–Crippen MR) is 79.2 cm³/mol. The van der Waals surface area contributed by atoms with Gasteiger partial charge in [-0.05, 0) is 25.3 Å². The molecule has 1 aromatic rings. The average Bonchev–Trinajstić information content (AvgIpc) is 2.43. The largest absolute Gasteiger partial charge is 0.379 e. The zero-order valence-electron chi connectivity index (χ0n) is 12.4. The van der Waals surface area contributed by atoms with Crippen molar-refractivity contribution in [3.8, 4) is 0 Å². The molecular weight excluding hydrogens is 238 g/mol. The molecule has 0 aliphatic carbocycles. The molecule has 0 heterocycles. The van der Waals surface area contributed by atoms with Gasteiger partial charge in [-0.2, -0.15) is 0 Å². The van der Waals surface area contributed by atoms with Gasteiger partial charge >= 0.3 is 0 Å². The lowest BCUT2D eigenvalue weighted by Crippen LogP contribution is -2.30. The summed E-state index contributed by atoms with van der Waals surface area (Å²) in [5.74, 6) is 0. The van der Waals surface area contributed by atoms with E-state index in [0.717, 1.165) is 25.0 Å². The first-order valence-electron chi connectivity index (χ1n) is 7.20. The van der Waals surface area contributed by atoms with Crippen molar-refractivity contribution >= 4 is 0 Å². The Morgan fingerprint density at radius 3 is 2.32 bits per heavy atom. The monoisotopic (exact) mass is 265 g/mol. The highest BCUT2D eigenvalue weighted by Crippen LogP contribution is 2.22. The van der Waals surface area contributed by atoms with E-state index in [4.69, 9.17) is 15.2 Å². The van der Waals surface area contributed by atoms with Crippen LogP contribution in [0.25, 0.3) is 0 Å². The summed E-state index contributed by atoms with van der Waals surface area (Å²) in [5.41, 5.74) is 8.56. The Balaban J connectivity index is 2.54. The van der Waals surface area contributed by atoms with Crippen LogP contribution in [0.3, 0.4) is 0 Å². The van der Waals surface area contributed by atoms with Gasteiger partial charge in [0.15, 0.2) is 0 Å². The Bertz CT molecular complexity index is 337. The molecule has 0 spiro atoms. The number of aryl methyl sites for hydroxylation is 1. The van der Waals surface area contributed by atoms with Crippen LogP contribution in [0, 0.1) is 6.92 Å². The van der Waals surface area contributed by atoms with Crippen LogP contribution < -0.4 is 5.73 Å². The molecule has 2 atom stereocenters. The lowest BCUT2D eigenvalue weighted by Gasteiger charge is -2.24. The third-order valence-electron chi connectivity index (χ3n) is 3.14. The van der Waals surface area contributed by atoms with E-state index in [9.17, 15) is 0 Å². The highest BCUT2D eigenvalue weighted by Gasteiger charge is 2.18. The Kier molecular flexibility index (Phi) is 7.72. The molecular formula is C16H27NO2. The van der Waals surface area contributed by atoms with Gasteiger partial charge in [-0.25, -0.2) is 0 Å². The van der Waals surface area contributed by atoms with Crippen LogP contribution >= 0.6 is 0 Å². The molecule has 1 rings (SSSR count). The second-order valence-electron chi connectivity index (χ2n) is 4.89. The summed E-state index contributed by atoms with van der Waals surface area (Å²) >= 11 is 0. The Morgan fingerprint density at radius 1 is 1.05 bits per heavy atom. The molecule has 1 aromatic carbocycles. The fourth-order valence-corrected chi connectivity index (χ4v) is 1.92. The molecule has 0 aliphatic rings. The molecule has 2 unspecified atom stereocenters. The van der Waals surface area contributed by atoms with Crippen molar-refractivity contribution in [2.75, 3.05) is 19.8 Å². The van der Waals surface area contributed by atoms with Crippen molar-refractivity contribution < 1.29 is 9.47 Å². The maximum absolute atomic E-state index is 6.16. The van der Waals surface area contributed by atoms with E-state index in [-0.39, 0.29) is 12.1 Å². The number of ether oxygens (including phenoxy) is 2. The molecule has 3 heteroatoms. The molecule has 0 bridgehead atoms. The van der Waals surface area contributed by atoms with Gasteiger partial charge in [0.1, 0.15) is 0 Å². The van der Waals surface area contributed by atoms with Crippen LogP contribution in [-0.2, 0) is 9.47 Å². The normalized spacial score (nSPS) is 14.3. The molecule has 0 saturated carbocycles. The van der Waals surface area contributed by atoms with Crippen LogP contribution in [0.5, 0.6) is 0 Å². The quantitative estimate of drug-likeness (QED) is 0.697. The van der Waals surface area contributed by atoms with E-state index in [1.807, 2.05) is 0 Å². The van der Waals surface area contributed by atoms with E-state index < -0.39 is 0 Å². The van der Waals surface area contributed by atoms with Crippen LogP contribution in [0.1, 0.15) is 43.9 Å². The number of benzene rings is 1. The summed E-state index contributed by atoms with van der Waals surface area (Å²) in [5, 5.41) is 0. The summed E-state index contributed by atoms with van der Waals surface area (Å²) in [4.78, 5) is 0. The van der Waals surface area contributed by atoms with E-state index in [2.05, 4.69) is 45.0 Å². The molecule has 2 N–H and O–H groups in total. The first-order valence-corrected chi connectivity index (χ1v) is 7.20. The number of hydrogen-bond acceptors (Lipinski definition) is 3. The van der Waals surface area contributed by atoms with Gasteiger partial charge in [0.2, 0.25) is 0 Å². The summed E-state index contributed by atoms with van der Waals surface area (Å²) in [6, 6.07) is 8.42. The summed E-state index contributed by atoms with van der Waals surface area (Å²) < 4.78 is 11.4. The van der Waals surface area contributed by atoms with Gasteiger partial charge in [0.05, 0.1) is 19.3 Å². The summed E-state index contributed by atoms with van der Waals surface area (Å²) in [6.45, 7) is 8.28. The maximum Gasteiger partial charge on any atom is 0.0976 e. The molecule has 108 valence electrons. The SMILES string of the molecule is CCCOCCOC(c1ccc(C)cc1)C(N)CC. The fraction of sp³-hybridized carbons (Fsp3) is 0.625. The van der Waals surface area contributed by atoms with Gasteiger partial charge in [-0.15, -0.1) is 0 Å². The first kappa shape index (κ1) is 16.2. The lowest BCUT2D eigenvalue weighted by atomic mass is 10.00. The predicted octanol–water partition coefficient (Wildman–Crippen LogP) is 3.22. The van der Waals surface area contributed by atoms with Crippen molar-refractivity contribution in [2.45, 2.75) is 45.8 Å². The second-order valence-corrected chi connectivity index (χ2v) is 4.89. The highest BCUT2D eigenvalue weighted by atomic mass is 16.5. The van der Waals surface area contributed by atoms with Crippen molar-refractivity contribution in [1.82, 2.24) is 0 Å². The van der Waals surface area contributed by atoms with Crippen molar-refractivity contribution in [3.63, 3.8) is 0 Å². The van der Waals surface area contributed by atoms with Crippen LogP contribution in [0.2, 0.25) is 0 Å². The topological polar surface area (TPSA) is 44.5 Å². The molecule has 0 radical (unpaired) electrons. The molecule has 0 aromatic heterocycles. The van der Waals surface area contributed by atoms with Crippen molar-refractivity contribution in [1.29, 1.82) is 0 Å². The molecule has 0 amide bonds. The zero-order valence-corrected chi connectivity index (χ0v) is 12.4. The van der Waals surface area contributed by atoms with Gasteiger partial charge in [0, 0.05) is 12.6 Å². The molecule has 0 fully saturated rings. The van der Waals surface area contributed by atoms with E-state index in [1.165, 1.54) is 5.56 Å².